The molecular formula is C18H32O. The van der Waals surface area contributed by atoms with Gasteiger partial charge in [0.15, 0.2) is 0 Å². The van der Waals surface area contributed by atoms with Crippen LogP contribution in [0.4, 0.5) is 0 Å². The molecule has 6 atom stereocenters. The molecule has 1 heteroatoms. The van der Waals surface area contributed by atoms with E-state index in [4.69, 9.17) is 0 Å². The number of hydrogen-bond acceptors (Lipinski definition) is 1. The van der Waals surface area contributed by atoms with Gasteiger partial charge in [-0.1, -0.05) is 33.6 Å². The van der Waals surface area contributed by atoms with Crippen LogP contribution < -0.4 is 0 Å². The first-order valence-electron chi connectivity index (χ1n) is 8.56. The van der Waals surface area contributed by atoms with Crippen LogP contribution in [-0.2, 0) is 0 Å². The van der Waals surface area contributed by atoms with Gasteiger partial charge < -0.3 is 5.11 Å². The first kappa shape index (κ1) is 13.9. The Morgan fingerprint density at radius 2 is 1.68 bits per heavy atom. The fourth-order valence-electron chi connectivity index (χ4n) is 6.48. The van der Waals surface area contributed by atoms with Crippen molar-refractivity contribution in [2.45, 2.75) is 84.7 Å². The van der Waals surface area contributed by atoms with Crippen molar-refractivity contribution in [3.63, 3.8) is 0 Å². The second-order valence-electron chi connectivity index (χ2n) is 8.61. The Balaban J connectivity index is 1.94. The summed E-state index contributed by atoms with van der Waals surface area (Å²) in [6.45, 7) is 9.61. The van der Waals surface area contributed by atoms with Gasteiger partial charge in [-0.05, 0) is 74.0 Å². The second-order valence-corrected chi connectivity index (χ2v) is 8.61. The lowest BCUT2D eigenvalue weighted by atomic mass is 9.45. The lowest BCUT2D eigenvalue weighted by Crippen LogP contribution is -2.53. The molecule has 0 bridgehead atoms. The zero-order valence-corrected chi connectivity index (χ0v) is 13.3. The Kier molecular flexibility index (Phi) is 3.10. The minimum Gasteiger partial charge on any atom is -0.390 e. The van der Waals surface area contributed by atoms with Gasteiger partial charge in [0.2, 0.25) is 0 Å². The van der Waals surface area contributed by atoms with E-state index < -0.39 is 0 Å². The lowest BCUT2D eigenvalue weighted by molar-refractivity contribution is -0.123. The van der Waals surface area contributed by atoms with E-state index in [2.05, 4.69) is 27.7 Å². The number of rotatable bonds is 1. The van der Waals surface area contributed by atoms with Crippen molar-refractivity contribution in [2.75, 3.05) is 0 Å². The van der Waals surface area contributed by atoms with Crippen LogP contribution in [0.1, 0.15) is 79.1 Å². The first-order valence-corrected chi connectivity index (χ1v) is 8.56. The molecule has 0 aromatic rings. The maximum absolute atomic E-state index is 10.7. The standard InChI is InChI=1S/C18H32O/c1-5-16(2)10-6-11-17(3)13-9-12-18(4,19)14(13)7-8-15(16)17/h13-15,19H,5-12H2,1-4H3/t13-,14+,15-,16+,17+,18-/m0/s1. The summed E-state index contributed by atoms with van der Waals surface area (Å²) in [7, 11) is 0. The van der Waals surface area contributed by atoms with Crippen LogP contribution in [0.15, 0.2) is 0 Å². The molecule has 0 aromatic heterocycles. The predicted molar refractivity (Wildman–Crippen MR) is 79.9 cm³/mol. The van der Waals surface area contributed by atoms with Crippen LogP contribution in [0.25, 0.3) is 0 Å². The van der Waals surface area contributed by atoms with E-state index in [0.29, 0.717) is 16.7 Å². The van der Waals surface area contributed by atoms with Crippen LogP contribution >= 0.6 is 0 Å². The molecule has 0 unspecified atom stereocenters. The van der Waals surface area contributed by atoms with Gasteiger partial charge >= 0.3 is 0 Å². The smallest absolute Gasteiger partial charge is 0.0650 e. The van der Waals surface area contributed by atoms with E-state index in [1.807, 2.05) is 0 Å². The normalized spacial score (nSPS) is 57.6. The summed E-state index contributed by atoms with van der Waals surface area (Å²) in [5, 5.41) is 10.7. The van der Waals surface area contributed by atoms with E-state index >= 15 is 0 Å². The molecule has 19 heavy (non-hydrogen) atoms. The molecule has 0 radical (unpaired) electrons. The number of hydrogen-bond donors (Lipinski definition) is 1. The molecule has 1 N–H and O–H groups in total. The lowest BCUT2D eigenvalue weighted by Gasteiger charge is -2.60. The molecule has 110 valence electrons. The van der Waals surface area contributed by atoms with Crippen molar-refractivity contribution >= 4 is 0 Å². The second kappa shape index (κ2) is 4.23. The molecule has 0 heterocycles. The summed E-state index contributed by atoms with van der Waals surface area (Å²) in [5.41, 5.74) is 0.692. The molecule has 3 aliphatic carbocycles. The Bertz CT molecular complexity index is 361. The third kappa shape index (κ3) is 1.83. The quantitative estimate of drug-likeness (QED) is 0.722. The maximum Gasteiger partial charge on any atom is 0.0650 e. The summed E-state index contributed by atoms with van der Waals surface area (Å²) in [4.78, 5) is 0. The fraction of sp³-hybridized carbons (Fsp3) is 1.00. The van der Waals surface area contributed by atoms with Crippen molar-refractivity contribution < 1.29 is 5.11 Å². The molecule has 0 aliphatic heterocycles. The number of fused-ring (bicyclic) bond motifs is 3. The Morgan fingerprint density at radius 1 is 0.947 bits per heavy atom. The summed E-state index contributed by atoms with van der Waals surface area (Å²) in [6, 6.07) is 0. The predicted octanol–water partition coefficient (Wildman–Crippen LogP) is 4.78. The molecule has 3 aliphatic rings. The van der Waals surface area contributed by atoms with Crippen molar-refractivity contribution in [3.05, 3.63) is 0 Å². The molecule has 0 spiro atoms. The van der Waals surface area contributed by atoms with Gasteiger partial charge in [0, 0.05) is 0 Å². The largest absolute Gasteiger partial charge is 0.390 e. The van der Waals surface area contributed by atoms with E-state index in [1.165, 1.54) is 44.9 Å². The molecule has 1 nitrogen and oxygen atoms in total. The van der Waals surface area contributed by atoms with E-state index in [-0.39, 0.29) is 5.60 Å². The van der Waals surface area contributed by atoms with Crippen LogP contribution in [0.2, 0.25) is 0 Å². The van der Waals surface area contributed by atoms with Crippen molar-refractivity contribution in [2.24, 2.45) is 28.6 Å². The van der Waals surface area contributed by atoms with Gasteiger partial charge in [-0.25, -0.2) is 0 Å². The van der Waals surface area contributed by atoms with Crippen molar-refractivity contribution in [1.82, 2.24) is 0 Å². The Hall–Kier alpha value is -0.0400. The van der Waals surface area contributed by atoms with Gasteiger partial charge in [0.25, 0.3) is 0 Å². The minimum atomic E-state index is -0.376. The van der Waals surface area contributed by atoms with Crippen LogP contribution in [0.5, 0.6) is 0 Å². The fourth-order valence-corrected chi connectivity index (χ4v) is 6.48. The first-order chi connectivity index (χ1) is 8.83. The molecule has 0 saturated heterocycles. The molecule has 3 rings (SSSR count). The summed E-state index contributed by atoms with van der Waals surface area (Å²) in [6.07, 6.45) is 10.5. The van der Waals surface area contributed by atoms with Crippen LogP contribution in [0.3, 0.4) is 0 Å². The third-order valence-corrected chi connectivity index (χ3v) is 7.77. The maximum atomic E-state index is 10.7. The van der Waals surface area contributed by atoms with Crippen molar-refractivity contribution in [3.8, 4) is 0 Å². The Labute approximate surface area is 119 Å². The highest BCUT2D eigenvalue weighted by atomic mass is 16.3. The van der Waals surface area contributed by atoms with Gasteiger partial charge in [-0.15, -0.1) is 0 Å². The number of aliphatic hydroxyl groups is 1. The van der Waals surface area contributed by atoms with Crippen LogP contribution in [0, 0.1) is 28.6 Å². The zero-order valence-electron chi connectivity index (χ0n) is 13.3. The highest BCUT2D eigenvalue weighted by Gasteiger charge is 2.60. The summed E-state index contributed by atoms with van der Waals surface area (Å²) >= 11 is 0. The van der Waals surface area contributed by atoms with E-state index in [0.717, 1.165) is 18.3 Å². The van der Waals surface area contributed by atoms with Gasteiger partial charge in [-0.2, -0.15) is 0 Å². The summed E-state index contributed by atoms with van der Waals surface area (Å²) in [5.74, 6) is 2.26. The van der Waals surface area contributed by atoms with Gasteiger partial charge in [0.05, 0.1) is 5.60 Å². The van der Waals surface area contributed by atoms with Gasteiger partial charge in [-0.3, -0.25) is 0 Å². The Morgan fingerprint density at radius 3 is 2.37 bits per heavy atom. The van der Waals surface area contributed by atoms with Crippen molar-refractivity contribution in [1.29, 1.82) is 0 Å². The average molecular weight is 264 g/mol. The minimum absolute atomic E-state index is 0.376. The van der Waals surface area contributed by atoms with E-state index in [9.17, 15) is 5.11 Å². The molecule has 3 saturated carbocycles. The molecule has 3 fully saturated rings. The molecular weight excluding hydrogens is 232 g/mol. The highest BCUT2D eigenvalue weighted by molar-refractivity contribution is 5.09. The average Bonchev–Trinajstić information content (AvgIpc) is 2.66. The monoisotopic (exact) mass is 264 g/mol. The highest BCUT2D eigenvalue weighted by Crippen LogP contribution is 2.66. The summed E-state index contributed by atoms with van der Waals surface area (Å²) < 4.78 is 0. The van der Waals surface area contributed by atoms with Gasteiger partial charge in [0.1, 0.15) is 0 Å². The van der Waals surface area contributed by atoms with Crippen LogP contribution in [-0.4, -0.2) is 10.7 Å². The topological polar surface area (TPSA) is 20.2 Å². The molecule has 0 amide bonds. The third-order valence-electron chi connectivity index (χ3n) is 7.77. The zero-order chi connectivity index (χ0) is 13.9. The van der Waals surface area contributed by atoms with E-state index in [1.54, 1.807) is 0 Å². The SMILES string of the molecule is CC[C@]1(C)CCC[C@]2(C)[C@H]3CC[C@](C)(O)[C@@H]3CC[C@@H]12. The molecule has 0 aromatic carbocycles.